The van der Waals surface area contributed by atoms with E-state index in [2.05, 4.69) is 16.5 Å². The minimum absolute atomic E-state index is 0.873. The van der Waals surface area contributed by atoms with Crippen molar-refractivity contribution in [2.24, 2.45) is 0 Å². The number of aryl methyl sites for hydroxylation is 1. The molecular formula is C9H12N4. The number of hydrogen-bond acceptors (Lipinski definition) is 4. The molecule has 0 spiro atoms. The zero-order valence-electron chi connectivity index (χ0n) is 8.07. The largest absolute Gasteiger partial charge is 0.313 e. The smallest absolute Gasteiger partial charge is 0.177 e. The van der Waals surface area contributed by atoms with E-state index < -0.39 is 0 Å². The molecular weight excluding hydrogens is 164 g/mol. The highest BCUT2D eigenvalue weighted by Crippen LogP contribution is 2.34. The summed E-state index contributed by atoms with van der Waals surface area (Å²) in [6.45, 7) is 5.87. The Morgan fingerprint density at radius 3 is 2.54 bits per heavy atom. The molecule has 0 radical (unpaired) electrons. The van der Waals surface area contributed by atoms with Gasteiger partial charge >= 0.3 is 0 Å². The molecule has 1 aromatic rings. The van der Waals surface area contributed by atoms with Crippen LogP contribution in [0.2, 0.25) is 0 Å². The molecule has 0 bridgehead atoms. The van der Waals surface area contributed by atoms with E-state index in [-0.39, 0.29) is 0 Å². The fraction of sp³-hybridized carbons (Fsp3) is 0.333. The lowest BCUT2D eigenvalue weighted by atomic mass is 10.5. The van der Waals surface area contributed by atoms with Gasteiger partial charge in [0.1, 0.15) is 5.82 Å². The van der Waals surface area contributed by atoms with Gasteiger partial charge in [0.25, 0.3) is 0 Å². The molecule has 68 valence electrons. The zero-order valence-corrected chi connectivity index (χ0v) is 8.07. The van der Waals surface area contributed by atoms with Crippen LogP contribution in [0.25, 0.3) is 0 Å². The molecule has 4 nitrogen and oxygen atoms in total. The predicted octanol–water partition coefficient (Wildman–Crippen LogP) is 1.14. The third-order valence-corrected chi connectivity index (χ3v) is 2.27. The van der Waals surface area contributed by atoms with Gasteiger partial charge in [-0.05, 0) is 6.92 Å². The predicted molar refractivity (Wildman–Crippen MR) is 52.7 cm³/mol. The van der Waals surface area contributed by atoms with E-state index in [1.54, 1.807) is 6.20 Å². The summed E-state index contributed by atoms with van der Waals surface area (Å²) < 4.78 is 0. The summed E-state index contributed by atoms with van der Waals surface area (Å²) in [4.78, 5) is 12.6. The highest BCUT2D eigenvalue weighted by atomic mass is 15.4. The van der Waals surface area contributed by atoms with Gasteiger partial charge in [-0.1, -0.05) is 6.58 Å². The molecule has 0 amide bonds. The number of aromatic nitrogens is 2. The fourth-order valence-electron chi connectivity index (χ4n) is 1.39. The average molecular weight is 176 g/mol. The van der Waals surface area contributed by atoms with Crippen molar-refractivity contribution in [2.45, 2.75) is 6.92 Å². The van der Waals surface area contributed by atoms with Gasteiger partial charge in [0.05, 0.1) is 11.9 Å². The van der Waals surface area contributed by atoms with Gasteiger partial charge in [-0.25, -0.2) is 9.97 Å². The molecule has 13 heavy (non-hydrogen) atoms. The van der Waals surface area contributed by atoms with Crippen molar-refractivity contribution in [2.75, 3.05) is 23.9 Å². The van der Waals surface area contributed by atoms with Crippen molar-refractivity contribution in [1.82, 2.24) is 9.97 Å². The first kappa shape index (κ1) is 8.04. The summed E-state index contributed by atoms with van der Waals surface area (Å²) in [5, 5.41) is 0. The summed E-state index contributed by atoms with van der Waals surface area (Å²) in [5.74, 6) is 2.66. The normalized spacial score (nSPS) is 15.2. The molecule has 0 unspecified atom stereocenters. The molecule has 0 saturated heterocycles. The lowest BCUT2D eigenvalue weighted by molar-refractivity contribution is 1.04. The van der Waals surface area contributed by atoms with Crippen LogP contribution in [0, 0.1) is 6.92 Å². The number of fused-ring (bicyclic) bond motifs is 1. The third kappa shape index (κ3) is 0.983. The maximum absolute atomic E-state index is 4.40. The monoisotopic (exact) mass is 176 g/mol. The second kappa shape index (κ2) is 2.45. The van der Waals surface area contributed by atoms with Gasteiger partial charge in [0, 0.05) is 14.1 Å². The third-order valence-electron chi connectivity index (χ3n) is 2.27. The van der Waals surface area contributed by atoms with Crippen molar-refractivity contribution in [3.63, 3.8) is 0 Å². The van der Waals surface area contributed by atoms with Crippen molar-refractivity contribution in [3.8, 4) is 0 Å². The molecule has 1 aliphatic rings. The van der Waals surface area contributed by atoms with E-state index >= 15 is 0 Å². The maximum atomic E-state index is 4.40. The van der Waals surface area contributed by atoms with Crippen molar-refractivity contribution in [1.29, 1.82) is 0 Å². The van der Waals surface area contributed by atoms with Crippen LogP contribution in [0.5, 0.6) is 0 Å². The van der Waals surface area contributed by atoms with Crippen LogP contribution in [0.1, 0.15) is 5.69 Å². The van der Waals surface area contributed by atoms with Gasteiger partial charge in [-0.3, -0.25) is 0 Å². The Bertz CT molecular complexity index is 372. The van der Waals surface area contributed by atoms with E-state index in [0.29, 0.717) is 0 Å². The standard InChI is InChI=1S/C9H12N4/c1-6-5-10-8-9(11-6)13(4)7(2)12(8)3/h5H,2H2,1,3-4H3. The fourth-order valence-corrected chi connectivity index (χ4v) is 1.39. The second-order valence-electron chi connectivity index (χ2n) is 3.19. The second-order valence-corrected chi connectivity index (χ2v) is 3.19. The molecule has 1 aromatic heterocycles. The summed E-state index contributed by atoms with van der Waals surface area (Å²) in [6, 6.07) is 0. The average Bonchev–Trinajstić information content (AvgIpc) is 2.32. The highest BCUT2D eigenvalue weighted by Gasteiger charge is 2.27. The number of anilines is 2. The van der Waals surface area contributed by atoms with Crippen LogP contribution in [0.3, 0.4) is 0 Å². The van der Waals surface area contributed by atoms with Crippen LogP contribution < -0.4 is 9.80 Å². The molecule has 0 aromatic carbocycles. The van der Waals surface area contributed by atoms with Gasteiger partial charge in [-0.2, -0.15) is 0 Å². The van der Waals surface area contributed by atoms with Crippen molar-refractivity contribution < 1.29 is 0 Å². The van der Waals surface area contributed by atoms with E-state index in [9.17, 15) is 0 Å². The van der Waals surface area contributed by atoms with E-state index in [1.807, 2.05) is 30.8 Å². The van der Waals surface area contributed by atoms with Crippen LogP contribution >= 0.6 is 0 Å². The summed E-state index contributed by atoms with van der Waals surface area (Å²) >= 11 is 0. The Morgan fingerprint density at radius 1 is 1.23 bits per heavy atom. The Balaban J connectivity index is 2.60. The van der Waals surface area contributed by atoms with Crippen LogP contribution in [-0.2, 0) is 0 Å². The Kier molecular flexibility index (Phi) is 1.52. The summed E-state index contributed by atoms with van der Waals surface area (Å²) in [5.41, 5.74) is 0.925. The zero-order chi connectivity index (χ0) is 9.59. The maximum Gasteiger partial charge on any atom is 0.177 e. The molecule has 0 aliphatic carbocycles. The number of rotatable bonds is 0. The molecule has 2 heterocycles. The molecule has 2 rings (SSSR count). The Labute approximate surface area is 77.5 Å². The van der Waals surface area contributed by atoms with Crippen LogP contribution in [-0.4, -0.2) is 24.1 Å². The van der Waals surface area contributed by atoms with Gasteiger partial charge in [0.2, 0.25) is 0 Å². The topological polar surface area (TPSA) is 32.3 Å². The van der Waals surface area contributed by atoms with Crippen molar-refractivity contribution in [3.05, 3.63) is 24.3 Å². The van der Waals surface area contributed by atoms with Crippen LogP contribution in [0.4, 0.5) is 11.6 Å². The molecule has 1 aliphatic heterocycles. The first-order valence-corrected chi connectivity index (χ1v) is 4.11. The minimum Gasteiger partial charge on any atom is -0.313 e. The molecule has 0 fully saturated rings. The molecule has 0 atom stereocenters. The van der Waals surface area contributed by atoms with Gasteiger partial charge in [0.15, 0.2) is 11.6 Å². The van der Waals surface area contributed by atoms with Gasteiger partial charge < -0.3 is 9.80 Å². The van der Waals surface area contributed by atoms with E-state index in [1.165, 1.54) is 0 Å². The van der Waals surface area contributed by atoms with E-state index in [4.69, 9.17) is 0 Å². The lowest BCUT2D eigenvalue weighted by Gasteiger charge is -2.14. The SMILES string of the molecule is C=C1N(C)c2ncc(C)nc2N1C. The van der Waals surface area contributed by atoms with Gasteiger partial charge in [-0.15, -0.1) is 0 Å². The highest BCUT2D eigenvalue weighted by molar-refractivity contribution is 5.74. The quantitative estimate of drug-likeness (QED) is 0.593. The first-order chi connectivity index (χ1) is 6.11. The molecule has 0 saturated carbocycles. The summed E-state index contributed by atoms with van der Waals surface area (Å²) in [7, 11) is 3.88. The number of nitrogens with zero attached hydrogens (tertiary/aromatic N) is 4. The minimum atomic E-state index is 0.873. The van der Waals surface area contributed by atoms with E-state index in [0.717, 1.165) is 23.2 Å². The first-order valence-electron chi connectivity index (χ1n) is 4.11. The molecule has 0 N–H and O–H groups in total. The molecule has 4 heteroatoms. The Morgan fingerprint density at radius 2 is 1.85 bits per heavy atom. The summed E-state index contributed by atoms with van der Waals surface area (Å²) in [6.07, 6.45) is 1.77. The lowest BCUT2D eigenvalue weighted by Crippen LogP contribution is -2.20. The van der Waals surface area contributed by atoms with Crippen molar-refractivity contribution >= 4 is 11.6 Å². The Hall–Kier alpha value is -1.58. The number of hydrogen-bond donors (Lipinski definition) is 0. The van der Waals surface area contributed by atoms with Crippen LogP contribution in [0.15, 0.2) is 18.6 Å².